The molecule has 2 aromatic heterocycles. The number of urea groups is 1. The summed E-state index contributed by atoms with van der Waals surface area (Å²) < 4.78 is 39.6. The number of nitrogens with zero attached hydrogens (tertiary/aromatic N) is 3. The van der Waals surface area contributed by atoms with Crippen LogP contribution in [0.5, 0.6) is 0 Å². The summed E-state index contributed by atoms with van der Waals surface area (Å²) in [6, 6.07) is 5.68. The van der Waals surface area contributed by atoms with Gasteiger partial charge < -0.3 is 10.6 Å². The highest BCUT2D eigenvalue weighted by atomic mass is 32.1. The molecule has 1 aromatic carbocycles. The zero-order valence-corrected chi connectivity index (χ0v) is 14.1. The minimum absolute atomic E-state index is 0.0759. The molecule has 0 atom stereocenters. The Balaban J connectivity index is 1.49. The second kappa shape index (κ2) is 7.56. The van der Waals surface area contributed by atoms with Gasteiger partial charge in [0.2, 0.25) is 5.13 Å². The lowest BCUT2D eigenvalue weighted by Crippen LogP contribution is -2.30. The van der Waals surface area contributed by atoms with Gasteiger partial charge in [0.1, 0.15) is 0 Å². The van der Waals surface area contributed by atoms with E-state index in [1.54, 1.807) is 23.1 Å². The van der Waals surface area contributed by atoms with E-state index in [0.717, 1.165) is 23.0 Å². The van der Waals surface area contributed by atoms with Crippen molar-refractivity contribution in [2.24, 2.45) is 0 Å². The number of benzene rings is 1. The molecule has 10 heteroatoms. The van der Waals surface area contributed by atoms with Gasteiger partial charge in [0, 0.05) is 36.4 Å². The van der Waals surface area contributed by atoms with Crippen molar-refractivity contribution in [3.63, 3.8) is 0 Å². The number of hydrogen-bond acceptors (Lipinski definition) is 4. The number of carbonyl (C=O) groups is 1. The Morgan fingerprint density at radius 1 is 1.27 bits per heavy atom. The van der Waals surface area contributed by atoms with Gasteiger partial charge in [-0.05, 0) is 24.3 Å². The number of halogens is 3. The van der Waals surface area contributed by atoms with Gasteiger partial charge in [-0.25, -0.2) is 14.5 Å². The molecule has 0 bridgehead atoms. The quantitative estimate of drug-likeness (QED) is 0.708. The molecule has 3 rings (SSSR count). The van der Waals surface area contributed by atoms with E-state index in [-0.39, 0.29) is 5.69 Å². The predicted octanol–water partition coefficient (Wildman–Crippen LogP) is 3.71. The number of hydrogen-bond donors (Lipinski definition) is 2. The molecule has 0 unspecified atom stereocenters. The third kappa shape index (κ3) is 4.60. The van der Waals surface area contributed by atoms with Crippen LogP contribution in [0.4, 0.5) is 23.7 Å². The van der Waals surface area contributed by atoms with E-state index < -0.39 is 17.8 Å². The van der Waals surface area contributed by atoms with Crippen molar-refractivity contribution in [3.8, 4) is 5.13 Å². The van der Waals surface area contributed by atoms with Crippen molar-refractivity contribution in [1.82, 2.24) is 20.1 Å². The molecule has 0 saturated carbocycles. The Hall–Kier alpha value is -2.88. The maximum absolute atomic E-state index is 12.7. The molecule has 0 saturated heterocycles. The summed E-state index contributed by atoms with van der Waals surface area (Å²) in [7, 11) is 0. The summed E-state index contributed by atoms with van der Waals surface area (Å²) >= 11 is 1.43. The normalized spacial score (nSPS) is 11.3. The van der Waals surface area contributed by atoms with Crippen molar-refractivity contribution >= 4 is 23.1 Å². The molecule has 0 fully saturated rings. The molecular formula is C16H14F3N5OS. The summed E-state index contributed by atoms with van der Waals surface area (Å²) in [5.74, 6) is 0. The van der Waals surface area contributed by atoms with Crippen molar-refractivity contribution in [2.75, 3.05) is 11.9 Å². The lowest BCUT2D eigenvalue weighted by atomic mass is 10.2. The van der Waals surface area contributed by atoms with E-state index in [9.17, 15) is 18.0 Å². The highest BCUT2D eigenvalue weighted by molar-refractivity contribution is 7.12. The van der Waals surface area contributed by atoms with Crippen molar-refractivity contribution in [2.45, 2.75) is 12.6 Å². The monoisotopic (exact) mass is 381 g/mol. The maximum Gasteiger partial charge on any atom is 0.416 e. The molecule has 26 heavy (non-hydrogen) atoms. The Morgan fingerprint density at radius 2 is 2.12 bits per heavy atom. The number of aromatic nitrogens is 3. The number of thiazole rings is 1. The van der Waals surface area contributed by atoms with Crippen LogP contribution in [-0.4, -0.2) is 27.3 Å². The highest BCUT2D eigenvalue weighted by Gasteiger charge is 2.30. The SMILES string of the molecule is O=C(NCCc1csc(-n2cccn2)n1)Nc1cccc(C(F)(F)F)c1. The van der Waals surface area contributed by atoms with Crippen LogP contribution >= 0.6 is 11.3 Å². The number of anilines is 1. The average molecular weight is 381 g/mol. The molecule has 0 radical (unpaired) electrons. The Kier molecular flexibility index (Phi) is 5.21. The number of carbonyl (C=O) groups excluding carboxylic acids is 1. The maximum atomic E-state index is 12.7. The van der Waals surface area contributed by atoms with Gasteiger partial charge in [-0.1, -0.05) is 6.07 Å². The molecule has 0 aliphatic heterocycles. The Labute approximate surface area is 150 Å². The highest BCUT2D eigenvalue weighted by Crippen LogP contribution is 2.30. The largest absolute Gasteiger partial charge is 0.416 e. The zero-order chi connectivity index (χ0) is 18.6. The second-order valence-electron chi connectivity index (χ2n) is 5.28. The van der Waals surface area contributed by atoms with Crippen LogP contribution in [-0.2, 0) is 12.6 Å². The molecule has 0 spiro atoms. The molecule has 0 aliphatic carbocycles. The zero-order valence-electron chi connectivity index (χ0n) is 13.3. The van der Waals surface area contributed by atoms with Crippen LogP contribution in [0.2, 0.25) is 0 Å². The standard InChI is InChI=1S/C16H14F3N5OS/c17-16(18,19)11-3-1-4-12(9-11)22-14(25)20-7-5-13-10-26-15(23-13)24-8-2-6-21-24/h1-4,6,8-10H,5,7H2,(H2,20,22,25). The van der Waals surface area contributed by atoms with Crippen LogP contribution in [0.15, 0.2) is 48.1 Å². The fraction of sp³-hybridized carbons (Fsp3) is 0.188. The Morgan fingerprint density at radius 3 is 2.85 bits per heavy atom. The number of amides is 2. The Bertz CT molecular complexity index is 876. The first-order valence-electron chi connectivity index (χ1n) is 7.58. The van der Waals surface area contributed by atoms with E-state index in [1.165, 1.54) is 23.5 Å². The van der Waals surface area contributed by atoms with Gasteiger partial charge in [-0.3, -0.25) is 0 Å². The number of nitrogens with one attached hydrogen (secondary N) is 2. The van der Waals surface area contributed by atoms with Gasteiger partial charge in [0.05, 0.1) is 11.3 Å². The summed E-state index contributed by atoms with van der Waals surface area (Å²) in [6.45, 7) is 0.299. The number of alkyl halides is 3. The minimum atomic E-state index is -4.45. The lowest BCUT2D eigenvalue weighted by molar-refractivity contribution is -0.137. The van der Waals surface area contributed by atoms with Crippen molar-refractivity contribution < 1.29 is 18.0 Å². The number of rotatable bonds is 5. The van der Waals surface area contributed by atoms with Gasteiger partial charge in [0.25, 0.3) is 0 Å². The summed E-state index contributed by atoms with van der Waals surface area (Å²) in [5.41, 5.74) is 0.0516. The van der Waals surface area contributed by atoms with Crippen LogP contribution in [0, 0.1) is 0 Å². The third-order valence-corrected chi connectivity index (χ3v) is 4.23. The molecule has 2 N–H and O–H groups in total. The van der Waals surface area contributed by atoms with E-state index >= 15 is 0 Å². The first-order valence-corrected chi connectivity index (χ1v) is 8.46. The van der Waals surface area contributed by atoms with Crippen LogP contribution in [0.3, 0.4) is 0 Å². The molecule has 6 nitrogen and oxygen atoms in total. The topological polar surface area (TPSA) is 71.8 Å². The first kappa shape index (κ1) is 17.9. The van der Waals surface area contributed by atoms with Crippen LogP contribution < -0.4 is 10.6 Å². The summed E-state index contributed by atoms with van der Waals surface area (Å²) in [5, 5.41) is 11.6. The van der Waals surface area contributed by atoms with E-state index in [0.29, 0.717) is 13.0 Å². The first-order chi connectivity index (χ1) is 12.4. The van der Waals surface area contributed by atoms with E-state index in [1.807, 2.05) is 5.38 Å². The van der Waals surface area contributed by atoms with Gasteiger partial charge in [-0.2, -0.15) is 18.3 Å². The fourth-order valence-corrected chi connectivity index (χ4v) is 2.95. The molecule has 2 amide bonds. The van der Waals surface area contributed by atoms with Crippen LogP contribution in [0.25, 0.3) is 5.13 Å². The fourth-order valence-electron chi connectivity index (χ4n) is 2.15. The minimum Gasteiger partial charge on any atom is -0.337 e. The van der Waals surface area contributed by atoms with Gasteiger partial charge in [-0.15, -0.1) is 11.3 Å². The van der Waals surface area contributed by atoms with Crippen molar-refractivity contribution in [1.29, 1.82) is 0 Å². The second-order valence-corrected chi connectivity index (χ2v) is 6.12. The molecule has 0 aliphatic rings. The summed E-state index contributed by atoms with van der Waals surface area (Å²) in [6.07, 6.45) is -0.525. The summed E-state index contributed by atoms with van der Waals surface area (Å²) in [4.78, 5) is 16.2. The third-order valence-electron chi connectivity index (χ3n) is 3.35. The van der Waals surface area contributed by atoms with E-state index in [2.05, 4.69) is 20.7 Å². The van der Waals surface area contributed by atoms with Gasteiger partial charge in [0.15, 0.2) is 0 Å². The average Bonchev–Trinajstić information content (AvgIpc) is 3.25. The predicted molar refractivity (Wildman–Crippen MR) is 91.4 cm³/mol. The van der Waals surface area contributed by atoms with Crippen molar-refractivity contribution in [3.05, 3.63) is 59.4 Å². The lowest BCUT2D eigenvalue weighted by Gasteiger charge is -2.10. The van der Waals surface area contributed by atoms with Crippen LogP contribution in [0.1, 0.15) is 11.3 Å². The molecular weight excluding hydrogens is 367 g/mol. The molecule has 2 heterocycles. The smallest absolute Gasteiger partial charge is 0.337 e. The van der Waals surface area contributed by atoms with Gasteiger partial charge >= 0.3 is 12.2 Å². The van der Waals surface area contributed by atoms with E-state index in [4.69, 9.17) is 0 Å². The molecule has 136 valence electrons. The molecule has 3 aromatic rings.